The Labute approximate surface area is 108 Å². The number of nitrogens with zero attached hydrogens (tertiary/aromatic N) is 2. The predicted molar refractivity (Wildman–Crippen MR) is 71.9 cm³/mol. The summed E-state index contributed by atoms with van der Waals surface area (Å²) in [5.41, 5.74) is 1.77. The van der Waals surface area contributed by atoms with Crippen molar-refractivity contribution in [3.63, 3.8) is 0 Å². The van der Waals surface area contributed by atoms with Crippen LogP contribution in [0.15, 0.2) is 24.3 Å². The Balaban J connectivity index is 2.13. The predicted octanol–water partition coefficient (Wildman–Crippen LogP) is 1.35. The van der Waals surface area contributed by atoms with Crippen LogP contribution in [0.5, 0.6) is 0 Å². The van der Waals surface area contributed by atoms with E-state index < -0.39 is 0 Å². The summed E-state index contributed by atoms with van der Waals surface area (Å²) in [6.45, 7) is 0.807. The van der Waals surface area contributed by atoms with Crippen LogP contribution in [0.2, 0.25) is 0 Å². The smallest absolute Gasteiger partial charge is 0.254 e. The molecule has 1 N–H and O–H groups in total. The third-order valence-corrected chi connectivity index (χ3v) is 3.48. The molecule has 1 aliphatic rings. The average Bonchev–Trinajstić information content (AvgIpc) is 2.86. The summed E-state index contributed by atoms with van der Waals surface area (Å²) in [5.74, 6) is 0.0249. The van der Waals surface area contributed by atoms with Crippen molar-refractivity contribution >= 4 is 11.6 Å². The van der Waals surface area contributed by atoms with Gasteiger partial charge in [-0.3, -0.25) is 4.79 Å². The number of carbonyl (C=O) groups is 1. The van der Waals surface area contributed by atoms with Gasteiger partial charge in [0.25, 0.3) is 5.91 Å². The molecule has 0 spiro atoms. The molecule has 1 amide bonds. The molecular weight excluding hydrogens is 228 g/mol. The minimum absolute atomic E-state index is 0.00831. The zero-order valence-corrected chi connectivity index (χ0v) is 11.0. The molecule has 1 saturated heterocycles. The number of carbonyl (C=O) groups excluding carboxylic acids is 1. The van der Waals surface area contributed by atoms with Crippen LogP contribution in [0.3, 0.4) is 0 Å². The lowest BCUT2D eigenvalue weighted by Gasteiger charge is -2.23. The molecule has 1 aromatic rings. The number of amides is 1. The van der Waals surface area contributed by atoms with Crippen LogP contribution in [0.1, 0.15) is 23.2 Å². The number of benzene rings is 1. The van der Waals surface area contributed by atoms with E-state index in [1.54, 1.807) is 4.90 Å². The third-order valence-electron chi connectivity index (χ3n) is 3.48. The van der Waals surface area contributed by atoms with E-state index in [1.807, 2.05) is 43.3 Å². The molecule has 18 heavy (non-hydrogen) atoms. The summed E-state index contributed by atoms with van der Waals surface area (Å²) < 4.78 is 0. The van der Waals surface area contributed by atoms with Gasteiger partial charge in [0.05, 0.1) is 12.6 Å². The van der Waals surface area contributed by atoms with Crippen molar-refractivity contribution in [2.24, 2.45) is 0 Å². The van der Waals surface area contributed by atoms with Crippen LogP contribution in [-0.2, 0) is 0 Å². The fourth-order valence-corrected chi connectivity index (χ4v) is 2.36. The highest BCUT2D eigenvalue weighted by Crippen LogP contribution is 2.21. The monoisotopic (exact) mass is 248 g/mol. The van der Waals surface area contributed by atoms with E-state index >= 15 is 0 Å². The molecule has 1 heterocycles. The van der Waals surface area contributed by atoms with Gasteiger partial charge in [-0.25, -0.2) is 0 Å². The lowest BCUT2D eigenvalue weighted by Crippen LogP contribution is -2.37. The molecule has 4 heteroatoms. The van der Waals surface area contributed by atoms with Gasteiger partial charge in [0.15, 0.2) is 0 Å². The van der Waals surface area contributed by atoms with Crippen LogP contribution >= 0.6 is 0 Å². The van der Waals surface area contributed by atoms with E-state index in [1.165, 1.54) is 0 Å². The first kappa shape index (κ1) is 12.9. The molecule has 1 aliphatic heterocycles. The number of aliphatic hydroxyl groups excluding tert-OH is 1. The highest BCUT2D eigenvalue weighted by Gasteiger charge is 2.28. The van der Waals surface area contributed by atoms with Crippen molar-refractivity contribution in [3.8, 4) is 0 Å². The molecule has 98 valence electrons. The number of anilines is 1. The van der Waals surface area contributed by atoms with Gasteiger partial charge in [-0.1, -0.05) is 0 Å². The second-order valence-corrected chi connectivity index (χ2v) is 4.92. The minimum atomic E-state index is -0.00831. The molecule has 2 rings (SSSR count). The highest BCUT2D eigenvalue weighted by atomic mass is 16.3. The van der Waals surface area contributed by atoms with Crippen molar-refractivity contribution < 1.29 is 9.90 Å². The molecule has 1 aromatic carbocycles. The summed E-state index contributed by atoms with van der Waals surface area (Å²) in [5, 5.41) is 9.25. The van der Waals surface area contributed by atoms with Crippen molar-refractivity contribution in [2.45, 2.75) is 18.9 Å². The molecule has 1 fully saturated rings. The van der Waals surface area contributed by atoms with Crippen LogP contribution in [0.4, 0.5) is 5.69 Å². The molecule has 0 aliphatic carbocycles. The van der Waals surface area contributed by atoms with Gasteiger partial charge in [0, 0.05) is 31.9 Å². The fourth-order valence-electron chi connectivity index (χ4n) is 2.36. The standard InChI is InChI=1S/C14H20N2O2/c1-15(2)12-7-5-11(6-8-12)14(18)16-9-3-4-13(16)10-17/h5-8,13,17H,3-4,9-10H2,1-2H3/t13-/m0/s1. The van der Waals surface area contributed by atoms with Gasteiger partial charge in [0.2, 0.25) is 0 Å². The van der Waals surface area contributed by atoms with Gasteiger partial charge in [-0.15, -0.1) is 0 Å². The summed E-state index contributed by atoms with van der Waals surface area (Å²) in [6.07, 6.45) is 1.88. The van der Waals surface area contributed by atoms with E-state index in [2.05, 4.69) is 0 Å². The quantitative estimate of drug-likeness (QED) is 0.878. The first-order valence-electron chi connectivity index (χ1n) is 6.32. The Bertz CT molecular complexity index is 414. The molecule has 0 unspecified atom stereocenters. The summed E-state index contributed by atoms with van der Waals surface area (Å²) in [6, 6.07) is 7.58. The van der Waals surface area contributed by atoms with Gasteiger partial charge < -0.3 is 14.9 Å². The Morgan fingerprint density at radius 2 is 2.06 bits per heavy atom. The number of hydrogen-bond acceptors (Lipinski definition) is 3. The van der Waals surface area contributed by atoms with E-state index in [0.717, 1.165) is 25.1 Å². The molecule has 0 aromatic heterocycles. The van der Waals surface area contributed by atoms with E-state index in [9.17, 15) is 9.90 Å². The van der Waals surface area contributed by atoms with Crippen LogP contribution in [0, 0.1) is 0 Å². The Kier molecular flexibility index (Phi) is 3.87. The maximum absolute atomic E-state index is 12.3. The molecule has 0 saturated carbocycles. The summed E-state index contributed by atoms with van der Waals surface area (Å²) in [7, 11) is 3.94. The zero-order chi connectivity index (χ0) is 13.1. The van der Waals surface area contributed by atoms with Crippen molar-refractivity contribution in [1.82, 2.24) is 4.90 Å². The number of aliphatic hydroxyl groups is 1. The molecular formula is C14H20N2O2. The van der Waals surface area contributed by atoms with Crippen molar-refractivity contribution in [3.05, 3.63) is 29.8 Å². The number of hydrogen-bond donors (Lipinski definition) is 1. The lowest BCUT2D eigenvalue weighted by molar-refractivity contribution is 0.0677. The molecule has 0 radical (unpaired) electrons. The van der Waals surface area contributed by atoms with Gasteiger partial charge in [-0.05, 0) is 37.1 Å². The third kappa shape index (κ3) is 2.48. The molecule has 4 nitrogen and oxygen atoms in total. The Morgan fingerprint density at radius 1 is 1.39 bits per heavy atom. The second-order valence-electron chi connectivity index (χ2n) is 4.92. The Hall–Kier alpha value is -1.55. The molecule has 0 bridgehead atoms. The van der Waals surface area contributed by atoms with Gasteiger partial charge >= 0.3 is 0 Å². The maximum atomic E-state index is 12.3. The zero-order valence-electron chi connectivity index (χ0n) is 11.0. The van der Waals surface area contributed by atoms with Gasteiger partial charge in [-0.2, -0.15) is 0 Å². The largest absolute Gasteiger partial charge is 0.394 e. The molecule has 1 atom stereocenters. The SMILES string of the molecule is CN(C)c1ccc(C(=O)N2CCC[C@H]2CO)cc1. The minimum Gasteiger partial charge on any atom is -0.394 e. The topological polar surface area (TPSA) is 43.8 Å². The van der Waals surface area contributed by atoms with Crippen molar-refractivity contribution in [1.29, 1.82) is 0 Å². The highest BCUT2D eigenvalue weighted by molar-refractivity contribution is 5.95. The number of rotatable bonds is 3. The maximum Gasteiger partial charge on any atom is 0.254 e. The lowest BCUT2D eigenvalue weighted by atomic mass is 10.1. The normalized spacial score (nSPS) is 19.1. The van der Waals surface area contributed by atoms with E-state index in [-0.39, 0.29) is 18.6 Å². The first-order chi connectivity index (χ1) is 8.63. The van der Waals surface area contributed by atoms with Crippen LogP contribution in [-0.4, -0.2) is 49.2 Å². The Morgan fingerprint density at radius 3 is 2.61 bits per heavy atom. The first-order valence-corrected chi connectivity index (χ1v) is 6.32. The average molecular weight is 248 g/mol. The number of likely N-dealkylation sites (tertiary alicyclic amines) is 1. The van der Waals surface area contributed by atoms with Crippen LogP contribution in [0.25, 0.3) is 0 Å². The summed E-state index contributed by atoms with van der Waals surface area (Å²) >= 11 is 0. The summed E-state index contributed by atoms with van der Waals surface area (Å²) in [4.78, 5) is 16.1. The van der Waals surface area contributed by atoms with E-state index in [0.29, 0.717) is 5.56 Å². The fraction of sp³-hybridized carbons (Fsp3) is 0.500. The van der Waals surface area contributed by atoms with Crippen molar-refractivity contribution in [2.75, 3.05) is 32.1 Å². The second kappa shape index (κ2) is 5.40. The van der Waals surface area contributed by atoms with E-state index in [4.69, 9.17) is 0 Å². The van der Waals surface area contributed by atoms with Gasteiger partial charge in [0.1, 0.15) is 0 Å². The van der Waals surface area contributed by atoms with Crippen LogP contribution < -0.4 is 4.90 Å².